The maximum absolute atomic E-state index is 5.78. The summed E-state index contributed by atoms with van der Waals surface area (Å²) in [7, 11) is 0. The van der Waals surface area contributed by atoms with E-state index in [1.807, 2.05) is 0 Å². The average Bonchev–Trinajstić information content (AvgIpc) is 2.41. The van der Waals surface area contributed by atoms with Gasteiger partial charge in [-0.3, -0.25) is 4.90 Å². The normalized spacial score (nSPS) is 17.1. The molecule has 2 N–H and O–H groups in total. The van der Waals surface area contributed by atoms with Gasteiger partial charge in [0.2, 0.25) is 5.95 Å². The van der Waals surface area contributed by atoms with Crippen LogP contribution in [0.4, 0.5) is 5.95 Å². The number of aromatic nitrogens is 2. The van der Waals surface area contributed by atoms with Crippen LogP contribution in [0.2, 0.25) is 5.02 Å². The number of nitrogens with two attached hydrogens (primary N) is 1. The summed E-state index contributed by atoms with van der Waals surface area (Å²) in [5, 5.41) is 0.583. The first-order valence-corrected chi connectivity index (χ1v) is 6.82. The second-order valence-electron chi connectivity index (χ2n) is 4.53. The molecule has 1 aromatic heterocycles. The number of halogens is 1. The Hall–Kier alpha value is -0.910. The Morgan fingerprint density at radius 3 is 2.39 bits per heavy atom. The van der Waals surface area contributed by atoms with Crippen molar-refractivity contribution in [2.75, 3.05) is 44.2 Å². The largest absolute Gasteiger partial charge is 0.338 e. The van der Waals surface area contributed by atoms with Crippen molar-refractivity contribution in [3.05, 3.63) is 17.4 Å². The van der Waals surface area contributed by atoms with Crippen LogP contribution in [0.3, 0.4) is 0 Å². The SMILES string of the molecule is NCCCCN1CCN(c2ncc(Cl)cn2)CC1. The monoisotopic (exact) mass is 269 g/mol. The lowest BCUT2D eigenvalue weighted by molar-refractivity contribution is 0.252. The number of rotatable bonds is 5. The van der Waals surface area contributed by atoms with E-state index in [4.69, 9.17) is 17.3 Å². The number of nitrogens with zero attached hydrogens (tertiary/aromatic N) is 4. The molecule has 1 saturated heterocycles. The van der Waals surface area contributed by atoms with Crippen LogP contribution in [0.15, 0.2) is 12.4 Å². The molecule has 5 nitrogen and oxygen atoms in total. The van der Waals surface area contributed by atoms with Crippen LogP contribution in [0.5, 0.6) is 0 Å². The van der Waals surface area contributed by atoms with Crippen LogP contribution >= 0.6 is 11.6 Å². The summed E-state index contributed by atoms with van der Waals surface area (Å²) >= 11 is 5.78. The molecule has 1 fully saturated rings. The highest BCUT2D eigenvalue weighted by atomic mass is 35.5. The highest BCUT2D eigenvalue weighted by Crippen LogP contribution is 2.13. The molecule has 1 aliphatic heterocycles. The maximum Gasteiger partial charge on any atom is 0.225 e. The van der Waals surface area contributed by atoms with Crippen molar-refractivity contribution in [2.45, 2.75) is 12.8 Å². The molecule has 0 aromatic carbocycles. The van der Waals surface area contributed by atoms with Crippen molar-refractivity contribution in [3.8, 4) is 0 Å². The molecule has 0 unspecified atom stereocenters. The minimum atomic E-state index is 0.583. The summed E-state index contributed by atoms with van der Waals surface area (Å²) in [5.74, 6) is 0.779. The van der Waals surface area contributed by atoms with Crippen molar-refractivity contribution in [2.24, 2.45) is 5.73 Å². The fourth-order valence-electron chi connectivity index (χ4n) is 2.12. The molecule has 2 rings (SSSR count). The van der Waals surface area contributed by atoms with Gasteiger partial charge in [-0.15, -0.1) is 0 Å². The molecule has 2 heterocycles. The van der Waals surface area contributed by atoms with Gasteiger partial charge in [0, 0.05) is 26.2 Å². The molecule has 0 amide bonds. The molecule has 0 atom stereocenters. The number of hydrogen-bond donors (Lipinski definition) is 1. The third-order valence-electron chi connectivity index (χ3n) is 3.19. The first kappa shape index (κ1) is 13.5. The second kappa shape index (κ2) is 6.87. The minimum absolute atomic E-state index is 0.583. The summed E-state index contributed by atoms with van der Waals surface area (Å²) < 4.78 is 0. The van der Waals surface area contributed by atoms with Gasteiger partial charge in [-0.1, -0.05) is 11.6 Å². The summed E-state index contributed by atoms with van der Waals surface area (Å²) in [6.45, 7) is 6.02. The summed E-state index contributed by atoms with van der Waals surface area (Å²) in [6, 6.07) is 0. The first-order chi connectivity index (χ1) is 8.79. The van der Waals surface area contributed by atoms with Gasteiger partial charge in [0.1, 0.15) is 0 Å². The Balaban J connectivity index is 1.77. The van der Waals surface area contributed by atoms with E-state index in [-0.39, 0.29) is 0 Å². The Labute approximate surface area is 113 Å². The predicted molar refractivity (Wildman–Crippen MR) is 74.0 cm³/mol. The summed E-state index contributed by atoms with van der Waals surface area (Å²) in [5.41, 5.74) is 5.50. The van der Waals surface area contributed by atoms with Gasteiger partial charge in [0.05, 0.1) is 17.4 Å². The topological polar surface area (TPSA) is 58.3 Å². The van der Waals surface area contributed by atoms with E-state index in [0.717, 1.165) is 51.6 Å². The van der Waals surface area contributed by atoms with Gasteiger partial charge in [-0.05, 0) is 25.9 Å². The van der Waals surface area contributed by atoms with E-state index in [9.17, 15) is 0 Å². The second-order valence-corrected chi connectivity index (χ2v) is 4.96. The fraction of sp³-hybridized carbons (Fsp3) is 0.667. The number of anilines is 1. The van der Waals surface area contributed by atoms with Gasteiger partial charge >= 0.3 is 0 Å². The Bertz CT molecular complexity index is 348. The van der Waals surface area contributed by atoms with Crippen molar-refractivity contribution in [1.29, 1.82) is 0 Å². The Morgan fingerprint density at radius 2 is 1.78 bits per heavy atom. The van der Waals surface area contributed by atoms with Gasteiger partial charge < -0.3 is 10.6 Å². The van der Waals surface area contributed by atoms with E-state index >= 15 is 0 Å². The number of piperazine rings is 1. The van der Waals surface area contributed by atoms with Crippen LogP contribution in [0.1, 0.15) is 12.8 Å². The highest BCUT2D eigenvalue weighted by Gasteiger charge is 2.18. The zero-order valence-electron chi connectivity index (χ0n) is 10.6. The van der Waals surface area contributed by atoms with E-state index in [1.54, 1.807) is 12.4 Å². The van der Waals surface area contributed by atoms with Crippen LogP contribution in [-0.2, 0) is 0 Å². The van der Waals surface area contributed by atoms with Gasteiger partial charge in [0.15, 0.2) is 0 Å². The van der Waals surface area contributed by atoms with E-state index in [1.165, 1.54) is 6.42 Å². The molecule has 0 saturated carbocycles. The van der Waals surface area contributed by atoms with Crippen molar-refractivity contribution in [1.82, 2.24) is 14.9 Å². The van der Waals surface area contributed by atoms with Gasteiger partial charge in [-0.2, -0.15) is 0 Å². The highest BCUT2D eigenvalue weighted by molar-refractivity contribution is 6.30. The quantitative estimate of drug-likeness (QED) is 0.808. The van der Waals surface area contributed by atoms with Crippen molar-refractivity contribution in [3.63, 3.8) is 0 Å². The summed E-state index contributed by atoms with van der Waals surface area (Å²) in [4.78, 5) is 13.2. The van der Waals surface area contributed by atoms with E-state index in [0.29, 0.717) is 5.02 Å². The van der Waals surface area contributed by atoms with Gasteiger partial charge in [0.25, 0.3) is 0 Å². The van der Waals surface area contributed by atoms with Crippen LogP contribution in [-0.4, -0.2) is 54.1 Å². The Morgan fingerprint density at radius 1 is 1.11 bits per heavy atom. The molecule has 0 radical (unpaired) electrons. The lowest BCUT2D eigenvalue weighted by atomic mass is 10.2. The first-order valence-electron chi connectivity index (χ1n) is 6.44. The van der Waals surface area contributed by atoms with Gasteiger partial charge in [-0.25, -0.2) is 9.97 Å². The third-order valence-corrected chi connectivity index (χ3v) is 3.39. The zero-order chi connectivity index (χ0) is 12.8. The minimum Gasteiger partial charge on any atom is -0.338 e. The molecule has 18 heavy (non-hydrogen) atoms. The Kier molecular flexibility index (Phi) is 5.16. The lowest BCUT2D eigenvalue weighted by Gasteiger charge is -2.34. The number of unbranched alkanes of at least 4 members (excludes halogenated alkanes) is 1. The van der Waals surface area contributed by atoms with Crippen molar-refractivity contribution >= 4 is 17.5 Å². The maximum atomic E-state index is 5.78. The smallest absolute Gasteiger partial charge is 0.225 e. The lowest BCUT2D eigenvalue weighted by Crippen LogP contribution is -2.47. The standard InChI is InChI=1S/C12H20ClN5/c13-11-9-15-12(16-10-11)18-7-5-17(6-8-18)4-2-1-3-14/h9-10H,1-8,14H2. The molecular formula is C12H20ClN5. The molecular weight excluding hydrogens is 250 g/mol. The summed E-state index contributed by atoms with van der Waals surface area (Å²) in [6.07, 6.45) is 5.60. The average molecular weight is 270 g/mol. The van der Waals surface area contributed by atoms with Crippen molar-refractivity contribution < 1.29 is 0 Å². The predicted octanol–water partition coefficient (Wildman–Crippen LogP) is 0.991. The zero-order valence-corrected chi connectivity index (χ0v) is 11.3. The van der Waals surface area contributed by atoms with Crippen LogP contribution in [0, 0.1) is 0 Å². The molecule has 0 bridgehead atoms. The third kappa shape index (κ3) is 3.80. The molecule has 0 aliphatic carbocycles. The van der Waals surface area contributed by atoms with Crippen LogP contribution < -0.4 is 10.6 Å². The van der Waals surface area contributed by atoms with E-state index in [2.05, 4.69) is 19.8 Å². The molecule has 1 aliphatic rings. The van der Waals surface area contributed by atoms with Crippen LogP contribution in [0.25, 0.3) is 0 Å². The molecule has 1 aromatic rings. The molecule has 6 heteroatoms. The molecule has 100 valence electrons. The number of hydrogen-bond acceptors (Lipinski definition) is 5. The van der Waals surface area contributed by atoms with E-state index < -0.39 is 0 Å². The molecule has 0 spiro atoms. The fourth-order valence-corrected chi connectivity index (χ4v) is 2.22.